The number of carbonyl (C=O) groups is 1. The smallest absolute Gasteiger partial charge is 0.184 e. The van der Waals surface area contributed by atoms with E-state index >= 15 is 0 Å². The van der Waals surface area contributed by atoms with Crippen LogP contribution in [0, 0.1) is 5.82 Å². The van der Waals surface area contributed by atoms with Gasteiger partial charge < -0.3 is 10.5 Å². The Bertz CT molecular complexity index is 1140. The highest BCUT2D eigenvalue weighted by atomic mass is 19.1. The average molecular weight is 406 g/mol. The zero-order valence-electron chi connectivity index (χ0n) is 15.9. The predicted molar refractivity (Wildman–Crippen MR) is 108 cm³/mol. The zero-order valence-corrected chi connectivity index (χ0v) is 15.9. The van der Waals surface area contributed by atoms with Gasteiger partial charge in [0.05, 0.1) is 36.5 Å². The van der Waals surface area contributed by atoms with E-state index in [9.17, 15) is 14.3 Å². The summed E-state index contributed by atoms with van der Waals surface area (Å²) < 4.78 is 15.2. The van der Waals surface area contributed by atoms with Gasteiger partial charge in [0.15, 0.2) is 5.78 Å². The molecule has 0 radical (unpaired) electrons. The molecule has 2 aliphatic rings. The summed E-state index contributed by atoms with van der Waals surface area (Å²) in [7, 11) is 0. The molecule has 5 rings (SSSR count). The highest BCUT2D eigenvalue weighted by Crippen LogP contribution is 2.40. The average Bonchev–Trinajstić information content (AvgIpc) is 3.14. The van der Waals surface area contributed by atoms with Crippen molar-refractivity contribution >= 4 is 17.2 Å². The van der Waals surface area contributed by atoms with E-state index in [2.05, 4.69) is 25.9 Å². The van der Waals surface area contributed by atoms with Crippen molar-refractivity contribution < 1.29 is 14.3 Å². The van der Waals surface area contributed by atoms with E-state index in [-0.39, 0.29) is 37.3 Å². The number of aliphatic hydroxyl groups is 1. The maximum Gasteiger partial charge on any atom is 0.184 e. The number of hydrazine groups is 1. The standard InChI is InChI=1S/C21H19FN6O2/c22-13-6-4-12(5-7-13)19-18(21-24-11-25-28(21)8-9-29)20-17-14(16(30)10-23-20)2-1-3-15(17)26-27-19/h1-7,11,18-19,26-27,29H,8-10H2. The lowest BCUT2D eigenvalue weighted by molar-refractivity contribution is 0.1000. The molecule has 2 unspecified atom stereocenters. The maximum atomic E-state index is 13.6. The topological polar surface area (TPSA) is 104 Å². The number of rotatable bonds is 4. The number of carbonyl (C=O) groups excluding carboxylic acids is 1. The normalized spacial score (nSPS) is 20.2. The number of hydrogen-bond donors (Lipinski definition) is 3. The second-order valence-corrected chi connectivity index (χ2v) is 7.19. The van der Waals surface area contributed by atoms with Gasteiger partial charge in [-0.3, -0.25) is 9.79 Å². The molecule has 0 fully saturated rings. The third-order valence-corrected chi connectivity index (χ3v) is 5.47. The van der Waals surface area contributed by atoms with Crippen LogP contribution in [0.1, 0.15) is 39.3 Å². The van der Waals surface area contributed by atoms with Crippen molar-refractivity contribution in [1.82, 2.24) is 20.2 Å². The predicted octanol–water partition coefficient (Wildman–Crippen LogP) is 1.85. The maximum absolute atomic E-state index is 13.6. The molecule has 0 aliphatic carbocycles. The Kier molecular flexibility index (Phi) is 4.61. The van der Waals surface area contributed by atoms with E-state index in [0.717, 1.165) is 16.8 Å². The number of Topliss-reactive ketones (excluding diaryl/α,β-unsaturated/α-hetero) is 1. The van der Waals surface area contributed by atoms with Gasteiger partial charge in [-0.1, -0.05) is 24.3 Å². The molecule has 152 valence electrons. The molecule has 0 saturated heterocycles. The van der Waals surface area contributed by atoms with Crippen LogP contribution in [0.4, 0.5) is 10.1 Å². The van der Waals surface area contributed by atoms with Gasteiger partial charge in [0, 0.05) is 11.1 Å². The first-order chi connectivity index (χ1) is 14.7. The highest BCUT2D eigenvalue weighted by molar-refractivity contribution is 6.20. The highest BCUT2D eigenvalue weighted by Gasteiger charge is 2.40. The van der Waals surface area contributed by atoms with Crippen molar-refractivity contribution in [2.75, 3.05) is 18.6 Å². The number of anilines is 1. The summed E-state index contributed by atoms with van der Waals surface area (Å²) in [6, 6.07) is 11.3. The van der Waals surface area contributed by atoms with Crippen molar-refractivity contribution in [3.63, 3.8) is 0 Å². The third kappa shape index (κ3) is 2.99. The number of nitrogens with one attached hydrogen (secondary N) is 2. The van der Waals surface area contributed by atoms with E-state index < -0.39 is 5.92 Å². The number of hydrogen-bond acceptors (Lipinski definition) is 7. The number of nitrogens with zero attached hydrogens (tertiary/aromatic N) is 4. The Labute approximate surface area is 171 Å². The number of aliphatic imine (C=N–C) groups is 1. The Balaban J connectivity index is 1.73. The number of aromatic nitrogens is 3. The first-order valence-electron chi connectivity index (χ1n) is 9.64. The summed E-state index contributed by atoms with van der Waals surface area (Å²) in [5.74, 6) is -0.198. The van der Waals surface area contributed by atoms with E-state index in [1.165, 1.54) is 18.5 Å². The molecular formula is C21H19FN6O2. The van der Waals surface area contributed by atoms with Crippen LogP contribution in [-0.4, -0.2) is 44.5 Å². The quantitative estimate of drug-likeness (QED) is 0.611. The van der Waals surface area contributed by atoms with E-state index in [0.29, 0.717) is 17.1 Å². The number of halogens is 1. The fraction of sp³-hybridized carbons (Fsp3) is 0.238. The summed E-state index contributed by atoms with van der Waals surface area (Å²) in [5.41, 5.74) is 10.1. The largest absolute Gasteiger partial charge is 0.394 e. The summed E-state index contributed by atoms with van der Waals surface area (Å²) >= 11 is 0. The number of ketones is 1. The SMILES string of the molecule is O=C1CN=C2c3c(cccc31)NNC(c1ccc(F)cc1)C2c1ncnn1CCO. The number of benzene rings is 2. The van der Waals surface area contributed by atoms with Gasteiger partial charge >= 0.3 is 0 Å². The van der Waals surface area contributed by atoms with Gasteiger partial charge in [0.1, 0.15) is 24.5 Å². The van der Waals surface area contributed by atoms with Crippen LogP contribution in [0.5, 0.6) is 0 Å². The Morgan fingerprint density at radius 1 is 1.20 bits per heavy atom. The van der Waals surface area contributed by atoms with Gasteiger partial charge in [0.2, 0.25) is 0 Å². The minimum atomic E-state index is -0.424. The first-order valence-corrected chi connectivity index (χ1v) is 9.64. The zero-order chi connectivity index (χ0) is 20.7. The first kappa shape index (κ1) is 18.6. The van der Waals surface area contributed by atoms with Crippen molar-refractivity contribution in [3.05, 3.63) is 77.1 Å². The molecule has 2 aromatic carbocycles. The molecule has 2 aliphatic heterocycles. The van der Waals surface area contributed by atoms with Gasteiger partial charge in [-0.15, -0.1) is 0 Å². The number of aliphatic hydroxyl groups excluding tert-OH is 1. The molecule has 3 N–H and O–H groups in total. The minimum absolute atomic E-state index is 0.0480. The van der Waals surface area contributed by atoms with Gasteiger partial charge in [0.25, 0.3) is 0 Å². The lowest BCUT2D eigenvalue weighted by atomic mass is 9.82. The molecule has 0 spiro atoms. The molecule has 0 amide bonds. The van der Waals surface area contributed by atoms with Crippen LogP contribution in [0.3, 0.4) is 0 Å². The monoisotopic (exact) mass is 406 g/mol. The lowest BCUT2D eigenvalue weighted by Gasteiger charge is -2.28. The second-order valence-electron chi connectivity index (χ2n) is 7.19. The van der Waals surface area contributed by atoms with Crippen LogP contribution in [0.2, 0.25) is 0 Å². The van der Waals surface area contributed by atoms with Crippen LogP contribution in [-0.2, 0) is 6.54 Å². The van der Waals surface area contributed by atoms with Gasteiger partial charge in [-0.2, -0.15) is 5.10 Å². The molecule has 3 aromatic rings. The van der Waals surface area contributed by atoms with Crippen molar-refractivity contribution in [3.8, 4) is 0 Å². The summed E-state index contributed by atoms with van der Waals surface area (Å²) in [4.78, 5) is 21.6. The fourth-order valence-electron chi connectivity index (χ4n) is 4.13. The summed E-state index contributed by atoms with van der Waals surface area (Å²) in [6.45, 7) is 0.228. The minimum Gasteiger partial charge on any atom is -0.394 e. The van der Waals surface area contributed by atoms with E-state index in [1.54, 1.807) is 22.9 Å². The molecule has 2 atom stereocenters. The molecule has 9 heteroatoms. The van der Waals surface area contributed by atoms with Crippen LogP contribution in [0.25, 0.3) is 0 Å². The van der Waals surface area contributed by atoms with E-state index in [4.69, 9.17) is 0 Å². The van der Waals surface area contributed by atoms with Gasteiger partial charge in [-0.05, 0) is 23.8 Å². The summed E-state index contributed by atoms with van der Waals surface area (Å²) in [5, 5.41) is 13.7. The Hall–Kier alpha value is -3.43. The van der Waals surface area contributed by atoms with Crippen molar-refractivity contribution in [1.29, 1.82) is 0 Å². The van der Waals surface area contributed by atoms with E-state index in [1.807, 2.05) is 12.1 Å². The second kappa shape index (κ2) is 7.43. The van der Waals surface area contributed by atoms with Crippen molar-refractivity contribution in [2.45, 2.75) is 18.5 Å². The molecule has 0 bridgehead atoms. The van der Waals surface area contributed by atoms with Crippen LogP contribution in [0.15, 0.2) is 53.8 Å². The fourth-order valence-corrected chi connectivity index (χ4v) is 4.13. The summed E-state index contributed by atoms with van der Waals surface area (Å²) in [6.07, 6.45) is 1.44. The van der Waals surface area contributed by atoms with Crippen LogP contribution < -0.4 is 10.9 Å². The molecular weight excluding hydrogens is 387 g/mol. The molecule has 8 nitrogen and oxygen atoms in total. The molecule has 0 saturated carbocycles. The van der Waals surface area contributed by atoms with Crippen LogP contribution >= 0.6 is 0 Å². The molecule has 30 heavy (non-hydrogen) atoms. The Morgan fingerprint density at radius 3 is 2.83 bits per heavy atom. The van der Waals surface area contributed by atoms with Gasteiger partial charge in [-0.25, -0.2) is 19.5 Å². The molecule has 3 heterocycles. The molecule has 1 aromatic heterocycles. The Morgan fingerprint density at radius 2 is 2.03 bits per heavy atom. The lowest BCUT2D eigenvalue weighted by Crippen LogP contribution is -2.35. The van der Waals surface area contributed by atoms with Crippen molar-refractivity contribution in [2.24, 2.45) is 4.99 Å². The third-order valence-electron chi connectivity index (χ3n) is 5.47.